The molecule has 0 atom stereocenters. The van der Waals surface area contributed by atoms with Crippen LogP contribution in [0, 0.1) is 17.7 Å². The fraction of sp³-hybridized carbons (Fsp3) is 0.684. The molecule has 21 heavy (non-hydrogen) atoms. The van der Waals surface area contributed by atoms with Crippen molar-refractivity contribution in [3.05, 3.63) is 29.6 Å². The lowest BCUT2D eigenvalue weighted by atomic mass is 9.80. The summed E-state index contributed by atoms with van der Waals surface area (Å²) in [5, 5.41) is 0. The van der Waals surface area contributed by atoms with Crippen LogP contribution in [-0.2, 0) is 6.42 Å². The fourth-order valence-electron chi connectivity index (χ4n) is 3.41. The van der Waals surface area contributed by atoms with E-state index in [1.54, 1.807) is 12.1 Å². The summed E-state index contributed by atoms with van der Waals surface area (Å²) in [6.07, 6.45) is 9.74. The summed E-state index contributed by atoms with van der Waals surface area (Å²) in [7, 11) is 0. The average Bonchev–Trinajstić information content (AvgIpc) is 2.49. The first-order valence-corrected chi connectivity index (χ1v) is 8.64. The van der Waals surface area contributed by atoms with Crippen molar-refractivity contribution in [1.29, 1.82) is 0 Å². The van der Waals surface area contributed by atoms with Crippen LogP contribution in [-0.4, -0.2) is 6.61 Å². The van der Waals surface area contributed by atoms with Gasteiger partial charge in [-0.1, -0.05) is 52.0 Å². The van der Waals surface area contributed by atoms with Crippen molar-refractivity contribution < 1.29 is 9.13 Å². The molecular weight excluding hydrogens is 263 g/mol. The highest BCUT2D eigenvalue weighted by atomic mass is 19.1. The molecular formula is C19H29FO. The Morgan fingerprint density at radius 2 is 1.76 bits per heavy atom. The van der Waals surface area contributed by atoms with E-state index in [-0.39, 0.29) is 5.82 Å². The van der Waals surface area contributed by atoms with Gasteiger partial charge in [-0.05, 0) is 48.8 Å². The molecule has 1 nitrogen and oxygen atoms in total. The summed E-state index contributed by atoms with van der Waals surface area (Å²) < 4.78 is 19.7. The number of ether oxygens (including phenoxy) is 1. The van der Waals surface area contributed by atoms with Gasteiger partial charge in [0.1, 0.15) is 0 Å². The number of benzene rings is 1. The van der Waals surface area contributed by atoms with E-state index in [9.17, 15) is 4.39 Å². The van der Waals surface area contributed by atoms with E-state index >= 15 is 0 Å². The fourth-order valence-corrected chi connectivity index (χ4v) is 3.41. The molecule has 0 heterocycles. The zero-order valence-electron chi connectivity index (χ0n) is 13.5. The van der Waals surface area contributed by atoms with Crippen LogP contribution in [0.2, 0.25) is 0 Å². The smallest absolute Gasteiger partial charge is 0.165 e. The van der Waals surface area contributed by atoms with Gasteiger partial charge in [-0.2, -0.15) is 0 Å². The summed E-state index contributed by atoms with van der Waals surface area (Å²) >= 11 is 0. The van der Waals surface area contributed by atoms with Crippen LogP contribution < -0.4 is 4.74 Å². The third-order valence-electron chi connectivity index (χ3n) is 4.67. The Morgan fingerprint density at radius 1 is 1.05 bits per heavy atom. The second-order valence-electron chi connectivity index (χ2n) is 6.50. The van der Waals surface area contributed by atoms with Gasteiger partial charge >= 0.3 is 0 Å². The van der Waals surface area contributed by atoms with Crippen LogP contribution in [0.5, 0.6) is 5.75 Å². The quantitative estimate of drug-likeness (QED) is 0.620. The van der Waals surface area contributed by atoms with Gasteiger partial charge in [-0.25, -0.2) is 4.39 Å². The molecule has 1 aliphatic rings. The lowest BCUT2D eigenvalue weighted by molar-refractivity contribution is 0.174. The van der Waals surface area contributed by atoms with E-state index in [4.69, 9.17) is 4.74 Å². The molecule has 0 aromatic heterocycles. The van der Waals surface area contributed by atoms with E-state index in [1.165, 1.54) is 38.5 Å². The SMILES string of the molecule is CCCc1ccc(OCC2CCC(CCC)CC2)c(F)c1. The topological polar surface area (TPSA) is 9.23 Å². The molecule has 1 fully saturated rings. The molecule has 1 aliphatic carbocycles. The van der Waals surface area contributed by atoms with Gasteiger partial charge in [-0.15, -0.1) is 0 Å². The predicted molar refractivity (Wildman–Crippen MR) is 86.2 cm³/mol. The number of aryl methyl sites for hydroxylation is 1. The molecule has 1 saturated carbocycles. The lowest BCUT2D eigenvalue weighted by Crippen LogP contribution is -2.20. The Kier molecular flexibility index (Phi) is 6.53. The molecule has 2 heteroatoms. The van der Waals surface area contributed by atoms with Crippen molar-refractivity contribution in [1.82, 2.24) is 0 Å². The number of hydrogen-bond acceptors (Lipinski definition) is 1. The Hall–Kier alpha value is -1.05. The van der Waals surface area contributed by atoms with Crippen LogP contribution in [0.4, 0.5) is 4.39 Å². The van der Waals surface area contributed by atoms with Crippen molar-refractivity contribution in [2.24, 2.45) is 11.8 Å². The van der Waals surface area contributed by atoms with Crippen LogP contribution >= 0.6 is 0 Å². The molecule has 0 spiro atoms. The first-order valence-electron chi connectivity index (χ1n) is 8.64. The molecule has 118 valence electrons. The van der Waals surface area contributed by atoms with Crippen molar-refractivity contribution in [2.75, 3.05) is 6.61 Å². The zero-order valence-corrected chi connectivity index (χ0v) is 13.5. The Bertz CT molecular complexity index is 422. The number of hydrogen-bond donors (Lipinski definition) is 0. The highest BCUT2D eigenvalue weighted by molar-refractivity contribution is 5.29. The minimum atomic E-state index is -0.208. The summed E-state index contributed by atoms with van der Waals surface area (Å²) in [5.74, 6) is 1.73. The average molecular weight is 292 g/mol. The van der Waals surface area contributed by atoms with Gasteiger partial charge in [0.15, 0.2) is 11.6 Å². The number of rotatable bonds is 7. The molecule has 2 rings (SSSR count). The maximum atomic E-state index is 14.0. The van der Waals surface area contributed by atoms with Gasteiger partial charge in [-0.3, -0.25) is 0 Å². The molecule has 0 unspecified atom stereocenters. The molecule has 0 bridgehead atoms. The van der Waals surface area contributed by atoms with Crippen LogP contribution in [0.1, 0.15) is 64.4 Å². The maximum absolute atomic E-state index is 14.0. The summed E-state index contributed by atoms with van der Waals surface area (Å²) in [4.78, 5) is 0. The van der Waals surface area contributed by atoms with Gasteiger partial charge in [0, 0.05) is 0 Å². The maximum Gasteiger partial charge on any atom is 0.165 e. The standard InChI is InChI=1S/C19H29FO/c1-3-5-15-7-9-17(10-8-15)14-21-19-12-11-16(6-4-2)13-18(19)20/h11-13,15,17H,3-10,14H2,1-2H3. The minimum absolute atomic E-state index is 0.208. The molecule has 0 saturated heterocycles. The van der Waals surface area contributed by atoms with Crippen molar-refractivity contribution in [2.45, 2.75) is 65.2 Å². The second-order valence-corrected chi connectivity index (χ2v) is 6.50. The van der Waals surface area contributed by atoms with Crippen LogP contribution in [0.15, 0.2) is 18.2 Å². The Balaban J connectivity index is 1.78. The van der Waals surface area contributed by atoms with E-state index in [0.717, 1.165) is 24.3 Å². The van der Waals surface area contributed by atoms with Crippen molar-refractivity contribution >= 4 is 0 Å². The Labute approximate surface area is 128 Å². The van der Waals surface area contributed by atoms with Gasteiger partial charge in [0.05, 0.1) is 6.61 Å². The van der Waals surface area contributed by atoms with E-state index in [2.05, 4.69) is 13.8 Å². The predicted octanol–water partition coefficient (Wildman–Crippen LogP) is 5.76. The van der Waals surface area contributed by atoms with Crippen molar-refractivity contribution in [3.8, 4) is 5.75 Å². The van der Waals surface area contributed by atoms with E-state index < -0.39 is 0 Å². The number of halogens is 1. The summed E-state index contributed by atoms with van der Waals surface area (Å²) in [6.45, 7) is 5.04. The molecule has 0 amide bonds. The van der Waals surface area contributed by atoms with Gasteiger partial charge in [0.2, 0.25) is 0 Å². The highest BCUT2D eigenvalue weighted by Gasteiger charge is 2.21. The first-order chi connectivity index (χ1) is 10.2. The monoisotopic (exact) mass is 292 g/mol. The summed E-state index contributed by atoms with van der Waals surface area (Å²) in [5.41, 5.74) is 1.06. The third-order valence-corrected chi connectivity index (χ3v) is 4.67. The first kappa shape index (κ1) is 16.3. The highest BCUT2D eigenvalue weighted by Crippen LogP contribution is 2.32. The second kappa shape index (κ2) is 8.41. The normalized spacial score (nSPS) is 22.2. The molecule has 1 aromatic carbocycles. The van der Waals surface area contributed by atoms with E-state index in [1.807, 2.05) is 6.07 Å². The summed E-state index contributed by atoms with van der Waals surface area (Å²) in [6, 6.07) is 5.40. The third kappa shape index (κ3) is 5.01. The molecule has 0 N–H and O–H groups in total. The Morgan fingerprint density at radius 3 is 2.38 bits per heavy atom. The van der Waals surface area contributed by atoms with Gasteiger partial charge in [0.25, 0.3) is 0 Å². The van der Waals surface area contributed by atoms with E-state index in [0.29, 0.717) is 18.3 Å². The molecule has 0 radical (unpaired) electrons. The molecule has 0 aliphatic heterocycles. The van der Waals surface area contributed by atoms with Gasteiger partial charge < -0.3 is 4.74 Å². The zero-order chi connectivity index (χ0) is 15.1. The lowest BCUT2D eigenvalue weighted by Gasteiger charge is -2.28. The minimum Gasteiger partial charge on any atom is -0.490 e. The van der Waals surface area contributed by atoms with Crippen LogP contribution in [0.3, 0.4) is 0 Å². The largest absolute Gasteiger partial charge is 0.490 e. The van der Waals surface area contributed by atoms with Crippen LogP contribution in [0.25, 0.3) is 0 Å². The van der Waals surface area contributed by atoms with Crippen molar-refractivity contribution in [3.63, 3.8) is 0 Å². The molecule has 1 aromatic rings.